The largest absolute Gasteiger partial charge is 0.615 e. The van der Waals surface area contributed by atoms with Crippen molar-refractivity contribution in [2.45, 2.75) is 42.9 Å². The number of nitriles is 1. The van der Waals surface area contributed by atoms with E-state index in [1.165, 1.54) is 23.1 Å². The zero-order valence-corrected chi connectivity index (χ0v) is 18.7. The number of thioether (sulfide) groups is 1. The van der Waals surface area contributed by atoms with Gasteiger partial charge in [-0.25, -0.2) is 15.0 Å². The summed E-state index contributed by atoms with van der Waals surface area (Å²) >= 11 is 2.00. The van der Waals surface area contributed by atoms with Crippen LogP contribution in [0.1, 0.15) is 37.1 Å². The van der Waals surface area contributed by atoms with Gasteiger partial charge in [0, 0.05) is 24.2 Å². The van der Waals surface area contributed by atoms with Gasteiger partial charge in [-0.1, -0.05) is 11.8 Å². The Morgan fingerprint density at radius 1 is 1.38 bits per heavy atom. The molecule has 150 valence electrons. The fourth-order valence-corrected chi connectivity index (χ4v) is 7.11. The molecule has 1 atom stereocenters. The van der Waals surface area contributed by atoms with E-state index in [1.54, 1.807) is 12.4 Å². The second kappa shape index (κ2) is 8.88. The lowest BCUT2D eigenvalue weighted by atomic mass is 10.1. The third kappa shape index (κ3) is 4.21. The second-order valence-electron chi connectivity index (χ2n) is 6.98. The molecule has 3 aromatic rings. The second-order valence-corrected chi connectivity index (χ2v) is 10.9. The molecule has 1 aliphatic carbocycles. The predicted molar refractivity (Wildman–Crippen MR) is 118 cm³/mol. The lowest BCUT2D eigenvalue weighted by Crippen LogP contribution is -2.19. The average Bonchev–Trinajstić information content (AvgIpc) is 3.49. The van der Waals surface area contributed by atoms with Crippen molar-refractivity contribution in [1.29, 1.82) is 5.26 Å². The molecule has 6 nitrogen and oxygen atoms in total. The van der Waals surface area contributed by atoms with Crippen LogP contribution in [-0.4, -0.2) is 34.4 Å². The standard InChI is InChI=1S/C20H21N5OS3/c1-13-23-11-18(25(13)2)15-9-17(20-22-7-8-27-20)24-19(16(15)10-21)28-12-29(26)14-5-3-4-6-14/h7-9,11,14H,3-6,12H2,1-2H3. The van der Waals surface area contributed by atoms with Crippen LogP contribution in [0.4, 0.5) is 0 Å². The first kappa shape index (κ1) is 20.4. The highest BCUT2D eigenvalue weighted by atomic mass is 32.3. The van der Waals surface area contributed by atoms with Gasteiger partial charge in [0.05, 0.1) is 17.5 Å². The van der Waals surface area contributed by atoms with Gasteiger partial charge >= 0.3 is 0 Å². The molecular weight excluding hydrogens is 422 g/mol. The molecule has 0 spiro atoms. The Morgan fingerprint density at radius 3 is 2.79 bits per heavy atom. The first-order valence-corrected chi connectivity index (χ1v) is 12.7. The SMILES string of the molecule is Cc1ncc(-c2cc(-c3nccs3)nc(SC[S+]([O-])C3CCCC3)c2C#N)n1C. The molecule has 29 heavy (non-hydrogen) atoms. The summed E-state index contributed by atoms with van der Waals surface area (Å²) in [6.45, 7) is 1.93. The molecule has 0 bridgehead atoms. The quantitative estimate of drug-likeness (QED) is 0.411. The van der Waals surface area contributed by atoms with Gasteiger partial charge in [0.25, 0.3) is 0 Å². The van der Waals surface area contributed by atoms with Gasteiger partial charge in [-0.15, -0.1) is 11.3 Å². The minimum atomic E-state index is -0.918. The topological polar surface area (TPSA) is 90.5 Å². The summed E-state index contributed by atoms with van der Waals surface area (Å²) in [6, 6.07) is 4.23. The van der Waals surface area contributed by atoms with Crippen molar-refractivity contribution in [2.75, 3.05) is 5.08 Å². The van der Waals surface area contributed by atoms with Crippen LogP contribution in [0, 0.1) is 18.3 Å². The molecule has 3 aromatic heterocycles. The summed E-state index contributed by atoms with van der Waals surface area (Å²) < 4.78 is 14.7. The minimum Gasteiger partial charge on any atom is -0.615 e. The van der Waals surface area contributed by atoms with Crippen LogP contribution in [0.3, 0.4) is 0 Å². The highest BCUT2D eigenvalue weighted by molar-refractivity contribution is 8.12. The maximum Gasteiger partial charge on any atom is 0.157 e. The van der Waals surface area contributed by atoms with Crippen molar-refractivity contribution in [1.82, 2.24) is 19.5 Å². The summed E-state index contributed by atoms with van der Waals surface area (Å²) in [4.78, 5) is 13.5. The Bertz CT molecular complexity index is 1040. The van der Waals surface area contributed by atoms with Crippen molar-refractivity contribution >= 4 is 34.3 Å². The number of rotatable bonds is 6. The van der Waals surface area contributed by atoms with Gasteiger partial charge < -0.3 is 9.12 Å². The first-order chi connectivity index (χ1) is 14.1. The molecular formula is C20H21N5OS3. The van der Waals surface area contributed by atoms with E-state index < -0.39 is 11.2 Å². The van der Waals surface area contributed by atoms with Crippen LogP contribution >= 0.6 is 23.1 Å². The average molecular weight is 444 g/mol. The smallest absolute Gasteiger partial charge is 0.157 e. The zero-order chi connectivity index (χ0) is 20.4. The predicted octanol–water partition coefficient (Wildman–Crippen LogP) is 4.53. The summed E-state index contributed by atoms with van der Waals surface area (Å²) in [5.74, 6) is 0.869. The molecule has 0 amide bonds. The van der Waals surface area contributed by atoms with Crippen LogP contribution in [-0.2, 0) is 18.2 Å². The number of aromatic nitrogens is 4. The monoisotopic (exact) mass is 443 g/mol. The van der Waals surface area contributed by atoms with Crippen molar-refractivity contribution in [3.8, 4) is 28.0 Å². The van der Waals surface area contributed by atoms with Crippen molar-refractivity contribution < 1.29 is 4.55 Å². The van der Waals surface area contributed by atoms with E-state index in [9.17, 15) is 9.81 Å². The molecule has 3 heterocycles. The lowest BCUT2D eigenvalue weighted by molar-refractivity contribution is 0.583. The summed E-state index contributed by atoms with van der Waals surface area (Å²) in [5.41, 5.74) is 2.87. The first-order valence-electron chi connectivity index (χ1n) is 9.42. The van der Waals surface area contributed by atoms with Gasteiger partial charge in [-0.2, -0.15) is 5.26 Å². The molecule has 0 N–H and O–H groups in total. The molecule has 0 radical (unpaired) electrons. The molecule has 1 unspecified atom stereocenters. The lowest BCUT2D eigenvalue weighted by Gasteiger charge is -2.17. The molecule has 0 aliphatic heterocycles. The number of thiazole rings is 1. The van der Waals surface area contributed by atoms with Crippen LogP contribution in [0.2, 0.25) is 0 Å². The maximum absolute atomic E-state index is 12.7. The Labute approximate surface area is 181 Å². The van der Waals surface area contributed by atoms with Gasteiger partial charge in [0.2, 0.25) is 0 Å². The normalized spacial score (nSPS) is 15.5. The number of imidazole rings is 1. The fourth-order valence-electron chi connectivity index (χ4n) is 3.51. The Kier molecular flexibility index (Phi) is 6.25. The van der Waals surface area contributed by atoms with E-state index in [2.05, 4.69) is 16.0 Å². The fraction of sp³-hybridized carbons (Fsp3) is 0.400. The Morgan fingerprint density at radius 2 is 2.17 bits per heavy atom. The van der Waals surface area contributed by atoms with E-state index in [-0.39, 0.29) is 5.25 Å². The van der Waals surface area contributed by atoms with Crippen LogP contribution in [0.5, 0.6) is 0 Å². The van der Waals surface area contributed by atoms with Gasteiger partial charge in [0.15, 0.2) is 5.08 Å². The molecule has 1 saturated carbocycles. The van der Waals surface area contributed by atoms with E-state index in [0.29, 0.717) is 15.7 Å². The highest BCUT2D eigenvalue weighted by Crippen LogP contribution is 2.36. The third-order valence-electron chi connectivity index (χ3n) is 5.23. The molecule has 1 aliphatic rings. The van der Waals surface area contributed by atoms with E-state index in [0.717, 1.165) is 53.5 Å². The molecule has 0 saturated heterocycles. The number of nitrogens with zero attached hydrogens (tertiary/aromatic N) is 5. The number of hydrogen-bond acceptors (Lipinski definition) is 7. The third-order valence-corrected chi connectivity index (χ3v) is 9.21. The molecule has 1 fully saturated rings. The number of hydrogen-bond donors (Lipinski definition) is 0. The Balaban J connectivity index is 1.74. The van der Waals surface area contributed by atoms with Gasteiger partial charge in [0.1, 0.15) is 32.9 Å². The van der Waals surface area contributed by atoms with E-state index in [1.807, 2.05) is 30.0 Å². The summed E-state index contributed by atoms with van der Waals surface area (Å²) in [7, 11) is 1.93. The Hall–Kier alpha value is -1.86. The van der Waals surface area contributed by atoms with Crippen LogP contribution in [0.15, 0.2) is 28.9 Å². The van der Waals surface area contributed by atoms with E-state index in [4.69, 9.17) is 4.98 Å². The molecule has 4 rings (SSSR count). The maximum atomic E-state index is 12.7. The van der Waals surface area contributed by atoms with Gasteiger partial charge in [-0.3, -0.25) is 0 Å². The zero-order valence-electron chi connectivity index (χ0n) is 16.3. The van der Waals surface area contributed by atoms with Crippen LogP contribution in [0.25, 0.3) is 22.0 Å². The van der Waals surface area contributed by atoms with Gasteiger partial charge in [-0.05, 0) is 49.8 Å². The number of pyridine rings is 1. The highest BCUT2D eigenvalue weighted by Gasteiger charge is 2.27. The van der Waals surface area contributed by atoms with Crippen molar-refractivity contribution in [3.63, 3.8) is 0 Å². The number of aryl methyl sites for hydroxylation is 1. The van der Waals surface area contributed by atoms with Crippen molar-refractivity contribution in [2.24, 2.45) is 7.05 Å². The molecule has 9 heteroatoms. The van der Waals surface area contributed by atoms with E-state index >= 15 is 0 Å². The summed E-state index contributed by atoms with van der Waals surface area (Å²) in [5, 5.41) is 14.0. The summed E-state index contributed by atoms with van der Waals surface area (Å²) in [6.07, 6.45) is 7.91. The van der Waals surface area contributed by atoms with Crippen molar-refractivity contribution in [3.05, 3.63) is 35.2 Å². The minimum absolute atomic E-state index is 0.273. The molecule has 0 aromatic carbocycles. The van der Waals surface area contributed by atoms with Crippen LogP contribution < -0.4 is 0 Å².